The van der Waals surface area contributed by atoms with E-state index in [4.69, 9.17) is 10.5 Å². The van der Waals surface area contributed by atoms with Crippen molar-refractivity contribution in [1.82, 2.24) is 0 Å². The number of hydrogen-bond donors (Lipinski definition) is 1. The molecule has 2 rings (SSSR count). The molecule has 0 radical (unpaired) electrons. The fourth-order valence-electron chi connectivity index (χ4n) is 2.29. The second-order valence-electron chi connectivity index (χ2n) is 4.30. The highest BCUT2D eigenvalue weighted by atomic mass is 16.5. The minimum absolute atomic E-state index is 0.0426. The molecule has 90 valence electrons. The van der Waals surface area contributed by atoms with Crippen LogP contribution in [0.4, 0.5) is 0 Å². The molecule has 2 heteroatoms. The molecule has 0 saturated carbocycles. The van der Waals surface area contributed by atoms with E-state index in [9.17, 15) is 0 Å². The Morgan fingerprint density at radius 1 is 1.18 bits per heavy atom. The van der Waals surface area contributed by atoms with Crippen LogP contribution >= 0.6 is 0 Å². The molecule has 0 aromatic heterocycles. The van der Waals surface area contributed by atoms with E-state index < -0.39 is 0 Å². The lowest BCUT2D eigenvalue weighted by molar-refractivity contribution is 0.405. The van der Waals surface area contributed by atoms with E-state index in [0.29, 0.717) is 0 Å². The Balaban J connectivity index is 2.62. The van der Waals surface area contributed by atoms with Gasteiger partial charge in [0.05, 0.1) is 7.11 Å². The van der Waals surface area contributed by atoms with Crippen LogP contribution in [-0.2, 0) is 0 Å². The van der Waals surface area contributed by atoms with Crippen LogP contribution in [0, 0.1) is 0 Å². The molecule has 0 aliphatic carbocycles. The van der Waals surface area contributed by atoms with Gasteiger partial charge in [-0.1, -0.05) is 43.7 Å². The molecule has 1 unspecified atom stereocenters. The van der Waals surface area contributed by atoms with Crippen LogP contribution in [0.3, 0.4) is 0 Å². The zero-order valence-electron chi connectivity index (χ0n) is 10.4. The van der Waals surface area contributed by atoms with Gasteiger partial charge in [0.25, 0.3) is 0 Å². The highest BCUT2D eigenvalue weighted by Crippen LogP contribution is 2.33. The first-order chi connectivity index (χ1) is 8.27. The number of nitrogens with two attached hydrogens (primary N) is 1. The summed E-state index contributed by atoms with van der Waals surface area (Å²) in [5, 5.41) is 2.42. The highest BCUT2D eigenvalue weighted by molar-refractivity contribution is 5.88. The van der Waals surface area contributed by atoms with E-state index in [-0.39, 0.29) is 6.04 Å². The largest absolute Gasteiger partial charge is 0.496 e. The van der Waals surface area contributed by atoms with Gasteiger partial charge in [0.1, 0.15) is 5.75 Å². The molecule has 2 N–H and O–H groups in total. The molecule has 0 amide bonds. The van der Waals surface area contributed by atoms with Gasteiger partial charge in [-0.25, -0.2) is 0 Å². The Morgan fingerprint density at radius 2 is 1.94 bits per heavy atom. The Hall–Kier alpha value is -1.54. The summed E-state index contributed by atoms with van der Waals surface area (Å²) in [5.41, 5.74) is 7.40. The molecule has 0 saturated heterocycles. The normalized spacial score (nSPS) is 12.6. The van der Waals surface area contributed by atoms with Gasteiger partial charge < -0.3 is 10.5 Å². The third kappa shape index (κ3) is 2.27. The molecular formula is C15H19NO. The van der Waals surface area contributed by atoms with Crippen LogP contribution in [0.15, 0.2) is 36.4 Å². The number of methoxy groups -OCH3 is 1. The number of benzene rings is 2. The van der Waals surface area contributed by atoms with Crippen molar-refractivity contribution in [2.24, 2.45) is 5.73 Å². The second-order valence-corrected chi connectivity index (χ2v) is 4.30. The van der Waals surface area contributed by atoms with E-state index >= 15 is 0 Å². The van der Waals surface area contributed by atoms with Gasteiger partial charge in [-0.05, 0) is 23.3 Å². The average molecular weight is 229 g/mol. The summed E-state index contributed by atoms with van der Waals surface area (Å²) in [6.45, 7) is 2.15. The first-order valence-electron chi connectivity index (χ1n) is 6.09. The van der Waals surface area contributed by atoms with Gasteiger partial charge >= 0.3 is 0 Å². The van der Waals surface area contributed by atoms with Gasteiger partial charge in [-0.2, -0.15) is 0 Å². The van der Waals surface area contributed by atoms with E-state index in [2.05, 4.69) is 25.1 Å². The second kappa shape index (κ2) is 5.19. The summed E-state index contributed by atoms with van der Waals surface area (Å²) in [7, 11) is 1.70. The van der Waals surface area contributed by atoms with Gasteiger partial charge in [-0.3, -0.25) is 0 Å². The first kappa shape index (κ1) is 11.9. The van der Waals surface area contributed by atoms with Crippen LogP contribution in [0.1, 0.15) is 31.4 Å². The van der Waals surface area contributed by atoms with Crippen molar-refractivity contribution in [2.45, 2.75) is 25.8 Å². The van der Waals surface area contributed by atoms with Crippen LogP contribution < -0.4 is 10.5 Å². The van der Waals surface area contributed by atoms with Crippen molar-refractivity contribution < 1.29 is 4.74 Å². The van der Waals surface area contributed by atoms with E-state index in [0.717, 1.165) is 24.2 Å². The molecule has 0 aliphatic heterocycles. The van der Waals surface area contributed by atoms with E-state index in [1.54, 1.807) is 7.11 Å². The third-order valence-electron chi connectivity index (χ3n) is 3.12. The number of ether oxygens (including phenoxy) is 1. The first-order valence-corrected chi connectivity index (χ1v) is 6.09. The Morgan fingerprint density at radius 3 is 2.65 bits per heavy atom. The van der Waals surface area contributed by atoms with Crippen molar-refractivity contribution in [3.8, 4) is 5.75 Å². The SMILES string of the molecule is CCCC(N)c1c(OC)ccc2ccccc12. The van der Waals surface area contributed by atoms with Gasteiger partial charge in [0.15, 0.2) is 0 Å². The monoisotopic (exact) mass is 229 g/mol. The maximum atomic E-state index is 6.27. The summed E-state index contributed by atoms with van der Waals surface area (Å²) in [6.07, 6.45) is 2.05. The molecule has 1 atom stereocenters. The zero-order valence-corrected chi connectivity index (χ0v) is 10.4. The Kier molecular flexibility index (Phi) is 3.64. The van der Waals surface area contributed by atoms with Crippen molar-refractivity contribution in [3.05, 3.63) is 42.0 Å². The Labute approximate surface area is 102 Å². The van der Waals surface area contributed by atoms with E-state index in [1.165, 1.54) is 10.8 Å². The fourth-order valence-corrected chi connectivity index (χ4v) is 2.29. The quantitative estimate of drug-likeness (QED) is 0.868. The number of rotatable bonds is 4. The molecule has 0 heterocycles. The molecule has 2 aromatic carbocycles. The summed E-state index contributed by atoms with van der Waals surface area (Å²) in [6, 6.07) is 12.4. The summed E-state index contributed by atoms with van der Waals surface area (Å²) >= 11 is 0. The van der Waals surface area contributed by atoms with Crippen LogP contribution in [-0.4, -0.2) is 7.11 Å². The highest BCUT2D eigenvalue weighted by Gasteiger charge is 2.14. The fraction of sp³-hybridized carbons (Fsp3) is 0.333. The number of hydrogen-bond acceptors (Lipinski definition) is 2. The van der Waals surface area contributed by atoms with E-state index in [1.807, 2.05) is 18.2 Å². The predicted octanol–water partition coefficient (Wildman–Crippen LogP) is 3.65. The lowest BCUT2D eigenvalue weighted by Crippen LogP contribution is -2.11. The number of fused-ring (bicyclic) bond motifs is 1. The predicted molar refractivity (Wildman–Crippen MR) is 72.3 cm³/mol. The third-order valence-corrected chi connectivity index (χ3v) is 3.12. The topological polar surface area (TPSA) is 35.2 Å². The molecule has 0 spiro atoms. The molecule has 0 fully saturated rings. The lowest BCUT2D eigenvalue weighted by atomic mass is 9.95. The van der Waals surface area contributed by atoms with Crippen LogP contribution in [0.2, 0.25) is 0 Å². The lowest BCUT2D eigenvalue weighted by Gasteiger charge is -2.17. The van der Waals surface area contributed by atoms with Crippen LogP contribution in [0.25, 0.3) is 10.8 Å². The molecule has 0 aliphatic rings. The van der Waals surface area contributed by atoms with Crippen molar-refractivity contribution in [1.29, 1.82) is 0 Å². The Bertz CT molecular complexity index is 507. The maximum Gasteiger partial charge on any atom is 0.124 e. The van der Waals surface area contributed by atoms with Crippen molar-refractivity contribution >= 4 is 10.8 Å². The molecule has 2 aromatic rings. The molecule has 0 bridgehead atoms. The molecular weight excluding hydrogens is 210 g/mol. The maximum absolute atomic E-state index is 6.27. The molecule has 2 nitrogen and oxygen atoms in total. The zero-order chi connectivity index (χ0) is 12.3. The summed E-state index contributed by atoms with van der Waals surface area (Å²) in [4.78, 5) is 0. The molecule has 17 heavy (non-hydrogen) atoms. The summed E-state index contributed by atoms with van der Waals surface area (Å²) in [5.74, 6) is 0.893. The van der Waals surface area contributed by atoms with Gasteiger partial charge in [-0.15, -0.1) is 0 Å². The standard InChI is InChI=1S/C15H19NO/c1-3-6-13(16)15-12-8-5-4-7-11(12)9-10-14(15)17-2/h4-5,7-10,13H,3,6,16H2,1-2H3. The summed E-state index contributed by atoms with van der Waals surface area (Å²) < 4.78 is 5.44. The van der Waals surface area contributed by atoms with Gasteiger partial charge in [0, 0.05) is 11.6 Å². The van der Waals surface area contributed by atoms with Crippen LogP contribution in [0.5, 0.6) is 5.75 Å². The van der Waals surface area contributed by atoms with Gasteiger partial charge in [0.2, 0.25) is 0 Å². The average Bonchev–Trinajstić information content (AvgIpc) is 2.37. The smallest absolute Gasteiger partial charge is 0.124 e. The minimum Gasteiger partial charge on any atom is -0.496 e. The van der Waals surface area contributed by atoms with Crippen molar-refractivity contribution in [2.75, 3.05) is 7.11 Å². The van der Waals surface area contributed by atoms with Crippen molar-refractivity contribution in [3.63, 3.8) is 0 Å². The minimum atomic E-state index is 0.0426.